The van der Waals surface area contributed by atoms with Crippen LogP contribution in [0, 0.1) is 0 Å². The molecule has 0 aliphatic rings. The van der Waals surface area contributed by atoms with Crippen molar-refractivity contribution in [2.75, 3.05) is 11.0 Å². The van der Waals surface area contributed by atoms with Crippen LogP contribution in [0.1, 0.15) is 109 Å². The Morgan fingerprint density at radius 2 is 0.857 bits per heavy atom. The van der Waals surface area contributed by atoms with Gasteiger partial charge in [0.05, 0.1) is 31.6 Å². The first-order chi connectivity index (χ1) is 23.8. The Morgan fingerprint density at radius 3 is 1.18 bits per heavy atom. The number of carbonyl (C=O) groups is 1. The second-order valence-corrected chi connectivity index (χ2v) is 18.1. The normalized spacial score (nSPS) is 12.6. The first-order valence-corrected chi connectivity index (χ1v) is 22.4. The van der Waals surface area contributed by atoms with Gasteiger partial charge < -0.3 is 4.74 Å². The Labute approximate surface area is 308 Å². The maximum absolute atomic E-state index is 15.5. The van der Waals surface area contributed by atoms with E-state index < -0.39 is 31.7 Å². The number of benzene rings is 3. The van der Waals surface area contributed by atoms with Crippen molar-refractivity contribution in [3.63, 3.8) is 0 Å². The Morgan fingerprint density at radius 1 is 0.551 bits per heavy atom. The second kappa shape index (κ2) is 22.7. The summed E-state index contributed by atoms with van der Waals surface area (Å²) in [6.45, 7) is -0.267. The summed E-state index contributed by atoms with van der Waals surface area (Å²) in [5.74, 6) is -2.09. The third-order valence-electron chi connectivity index (χ3n) is 8.54. The van der Waals surface area contributed by atoms with Crippen molar-refractivity contribution < 1.29 is 30.4 Å². The number of hydrogen-bond donors (Lipinski definition) is 0. The summed E-state index contributed by atoms with van der Waals surface area (Å²) in [7, 11) is -8.79. The topological polar surface area (TPSA) is 73.2 Å². The van der Waals surface area contributed by atoms with E-state index in [2.05, 4.69) is 26.2 Å². The maximum atomic E-state index is 15.5. The average molecular weight is 832 g/mol. The fourth-order valence-corrected chi connectivity index (χ4v) is 11.6. The molecule has 5 nitrogen and oxygen atoms in total. The van der Waals surface area contributed by atoms with Crippen molar-refractivity contribution in [1.82, 2.24) is 0 Å². The summed E-state index contributed by atoms with van der Waals surface area (Å²) in [5.41, 5.74) is 0. The van der Waals surface area contributed by atoms with Gasteiger partial charge in [-0.3, -0.25) is 3.63 Å². The first-order valence-electron chi connectivity index (χ1n) is 17.8. The molecule has 3 rings (SSSR count). The Hall–Kier alpha value is -2.02. The fourth-order valence-electron chi connectivity index (χ4n) is 5.79. The molecule has 272 valence electrons. The van der Waals surface area contributed by atoms with Crippen LogP contribution in [0.4, 0.5) is 8.78 Å². The number of ether oxygens (including phenoxy) is 1. The van der Waals surface area contributed by atoms with Crippen LogP contribution in [-0.2, 0) is 19.6 Å². The van der Waals surface area contributed by atoms with Crippen molar-refractivity contribution >= 4 is 49.0 Å². The van der Waals surface area contributed by atoms with Crippen LogP contribution >= 0.6 is 32.9 Å². The molecule has 0 bridgehead atoms. The van der Waals surface area contributed by atoms with Crippen LogP contribution in [0.3, 0.4) is 0 Å². The van der Waals surface area contributed by atoms with Gasteiger partial charge in [0.25, 0.3) is 0 Å². The van der Waals surface area contributed by atoms with E-state index in [0.717, 1.165) is 25.7 Å². The lowest BCUT2D eigenvalue weighted by molar-refractivity contribution is -0.161. The maximum Gasteiger partial charge on any atom is 0.514 e. The van der Waals surface area contributed by atoms with Gasteiger partial charge in [0.2, 0.25) is 0 Å². The van der Waals surface area contributed by atoms with Crippen LogP contribution in [0.25, 0.3) is 0 Å². The van der Waals surface area contributed by atoms with Gasteiger partial charge in [0.1, 0.15) is 0 Å². The predicted octanol–water partition coefficient (Wildman–Crippen LogP) is 12.5. The van der Waals surface area contributed by atoms with Crippen LogP contribution in [0.5, 0.6) is 0 Å². The summed E-state index contributed by atoms with van der Waals surface area (Å²) in [4.78, 5) is 13.9. The molecule has 0 radical (unpaired) electrons. The lowest BCUT2D eigenvalue weighted by atomic mass is 10.0. The smallest absolute Gasteiger partial charge is 0.460 e. The van der Waals surface area contributed by atoms with Gasteiger partial charge in [0, 0.05) is 0 Å². The van der Waals surface area contributed by atoms with Crippen molar-refractivity contribution in [2.45, 2.75) is 129 Å². The number of esters is 1. The zero-order valence-corrected chi connectivity index (χ0v) is 32.4. The van der Waals surface area contributed by atoms with Gasteiger partial charge in [-0.25, -0.2) is 4.79 Å². The van der Waals surface area contributed by atoms with Gasteiger partial charge in [0.15, 0.2) is 0 Å². The van der Waals surface area contributed by atoms with Gasteiger partial charge >= 0.3 is 21.3 Å². The minimum absolute atomic E-state index is 0.267. The van der Waals surface area contributed by atoms with E-state index in [1.165, 1.54) is 81.5 Å². The third kappa shape index (κ3) is 13.2. The Bertz CT molecular complexity index is 1330. The van der Waals surface area contributed by atoms with E-state index in [9.17, 15) is 13.2 Å². The summed E-state index contributed by atoms with van der Waals surface area (Å²) in [6, 6.07) is 25.5. The Balaban J connectivity index is 1.42. The van der Waals surface area contributed by atoms with Crippen LogP contribution in [0.2, 0.25) is 0 Å². The zero-order valence-electron chi connectivity index (χ0n) is 28.6. The van der Waals surface area contributed by atoms with E-state index in [4.69, 9.17) is 4.74 Å². The average Bonchev–Trinajstić information content (AvgIpc) is 3.12. The van der Waals surface area contributed by atoms with Crippen molar-refractivity contribution in [2.24, 2.45) is 0 Å². The van der Waals surface area contributed by atoms with Gasteiger partial charge in [-0.2, -0.15) is 8.78 Å². The monoisotopic (exact) mass is 831 g/mol. The lowest BCUT2D eigenvalue weighted by Crippen LogP contribution is -2.42. The van der Waals surface area contributed by atoms with Gasteiger partial charge in [-0.05, 0) is 53.7 Å². The van der Waals surface area contributed by atoms with Crippen molar-refractivity contribution in [3.05, 3.63) is 91.0 Å². The van der Waals surface area contributed by atoms with E-state index in [1.54, 1.807) is 91.0 Å². The minimum atomic E-state index is -5.68. The molecule has 0 unspecified atom stereocenters. The number of hydrogen-bond acceptors (Lipinski definition) is 4. The number of alkyl halides is 3. The summed E-state index contributed by atoms with van der Waals surface area (Å²) in [5, 5.41) is -4.85. The molecule has 0 amide bonds. The molecule has 10 heteroatoms. The predicted molar refractivity (Wildman–Crippen MR) is 207 cm³/mol. The second-order valence-electron chi connectivity index (χ2n) is 12.4. The minimum Gasteiger partial charge on any atom is -0.460 e. The molecule has 0 aliphatic carbocycles. The highest BCUT2D eigenvalue weighted by Crippen LogP contribution is 2.68. The largest absolute Gasteiger partial charge is 0.514 e. The standard InChI is InChI=1S/C39H53F2IO5S2/c40-39(41,38(43)46-34-26-15-13-11-9-7-5-3-1-2-4-6-8-10-12-14-25-33-42)49(44,45)47-48(35-27-19-16-20-28-35,36-29-21-17-22-30-36)37-31-23-18-24-32-37/h16-24,27-32H,1-15,25-26,33-34H2/p+1. The van der Waals surface area contributed by atoms with E-state index in [0.29, 0.717) is 21.1 Å². The fraction of sp³-hybridized carbons (Fsp3) is 0.513. The first kappa shape index (κ1) is 41.4. The van der Waals surface area contributed by atoms with E-state index in [-0.39, 0.29) is 6.61 Å². The van der Waals surface area contributed by atoms with Crippen LogP contribution in [0.15, 0.2) is 106 Å². The van der Waals surface area contributed by atoms with Gasteiger partial charge in [-0.15, -0.1) is 8.42 Å². The molecule has 0 spiro atoms. The quantitative estimate of drug-likeness (QED) is 0.0202. The molecule has 0 fully saturated rings. The molecular formula is C39H54F2IO5S2+. The van der Waals surface area contributed by atoms with Crippen LogP contribution in [-0.4, -0.2) is 34.3 Å². The van der Waals surface area contributed by atoms with Crippen LogP contribution < -0.4 is 0 Å². The third-order valence-corrected chi connectivity index (χ3v) is 14.7. The molecule has 0 aromatic heterocycles. The van der Waals surface area contributed by atoms with E-state index >= 15 is 8.78 Å². The molecule has 3 aromatic carbocycles. The summed E-state index contributed by atoms with van der Waals surface area (Å²) < 4.78 is 67.9. The van der Waals surface area contributed by atoms with E-state index in [1.807, 2.05) is 0 Å². The number of carbonyl (C=O) groups excluding carboxylic acids is 1. The highest BCUT2D eigenvalue weighted by atomic mass is 127. The molecule has 49 heavy (non-hydrogen) atoms. The Kier molecular flexibility index (Phi) is 19.2. The highest BCUT2D eigenvalue weighted by molar-refractivity contribution is 14.1. The molecular weight excluding hydrogens is 777 g/mol. The highest BCUT2D eigenvalue weighted by Gasteiger charge is 2.63. The summed E-state index contributed by atoms with van der Waals surface area (Å²) >= 11 is 2.45. The van der Waals surface area contributed by atoms with Crippen molar-refractivity contribution in [3.8, 4) is 0 Å². The summed E-state index contributed by atoms with van der Waals surface area (Å²) in [6.07, 6.45) is 20.1. The zero-order chi connectivity index (χ0) is 35.3. The SMILES string of the molecule is O=C(OCCCCCCCCCCCCCCCCCCCI)C(F)(F)S(=O)(=O)[OH+]S(c1ccccc1)(c1ccccc1)c1ccccc1. The lowest BCUT2D eigenvalue weighted by Gasteiger charge is -2.35. The number of rotatable bonds is 26. The van der Waals surface area contributed by atoms with Gasteiger partial charge in [-0.1, -0.05) is 174 Å². The molecule has 0 saturated heterocycles. The number of unbranched alkanes of at least 4 members (excludes halogenated alkanes) is 16. The molecule has 3 aromatic rings. The molecule has 1 N–H and O–H groups in total. The van der Waals surface area contributed by atoms with Crippen molar-refractivity contribution in [1.29, 1.82) is 0 Å². The molecule has 0 aliphatic heterocycles. The molecule has 0 saturated carbocycles. The number of halogens is 3. The molecule has 0 atom stereocenters. The molecule has 0 heterocycles.